The Morgan fingerprint density at radius 1 is 1.17 bits per heavy atom. The van der Waals surface area contributed by atoms with Gasteiger partial charge in [0.2, 0.25) is 0 Å². The zero-order valence-corrected chi connectivity index (χ0v) is 19.8. The molecule has 30 heavy (non-hydrogen) atoms. The van der Waals surface area contributed by atoms with Crippen molar-refractivity contribution in [2.45, 2.75) is 26.9 Å². The van der Waals surface area contributed by atoms with Crippen LogP contribution in [0, 0.1) is 17.0 Å². The van der Waals surface area contributed by atoms with Gasteiger partial charge in [-0.2, -0.15) is 0 Å². The summed E-state index contributed by atoms with van der Waals surface area (Å²) in [6, 6.07) is 12.6. The van der Waals surface area contributed by atoms with Crippen LogP contribution in [0.1, 0.15) is 23.6 Å². The lowest BCUT2D eigenvalue weighted by Gasteiger charge is -2.15. The van der Waals surface area contributed by atoms with E-state index in [1.165, 1.54) is 12.1 Å². The Morgan fingerprint density at radius 3 is 2.67 bits per heavy atom. The van der Waals surface area contributed by atoms with Crippen LogP contribution in [-0.4, -0.2) is 37.8 Å². The highest BCUT2D eigenvalue weighted by Crippen LogP contribution is 2.20. The van der Waals surface area contributed by atoms with Crippen molar-refractivity contribution in [2.24, 2.45) is 4.99 Å². The van der Waals surface area contributed by atoms with Gasteiger partial charge in [0.1, 0.15) is 12.4 Å². The zero-order chi connectivity index (χ0) is 21.1. The maximum Gasteiger partial charge on any atom is 0.269 e. The first kappa shape index (κ1) is 25.6. The molecule has 0 saturated heterocycles. The van der Waals surface area contributed by atoms with E-state index < -0.39 is 4.92 Å². The number of ether oxygens (including phenoxy) is 2. The summed E-state index contributed by atoms with van der Waals surface area (Å²) < 4.78 is 10.9. The minimum absolute atomic E-state index is 0. The van der Waals surface area contributed by atoms with Crippen molar-refractivity contribution >= 4 is 35.6 Å². The number of non-ortho nitro benzene ring substituents is 1. The molecule has 164 valence electrons. The maximum absolute atomic E-state index is 10.9. The van der Waals surface area contributed by atoms with Crippen LogP contribution in [0.3, 0.4) is 0 Å². The molecule has 0 radical (unpaired) electrons. The molecule has 0 bridgehead atoms. The van der Waals surface area contributed by atoms with Crippen LogP contribution in [0.5, 0.6) is 5.75 Å². The Labute approximate surface area is 194 Å². The third-order valence-corrected chi connectivity index (χ3v) is 4.10. The van der Waals surface area contributed by atoms with Gasteiger partial charge in [-0.15, -0.1) is 24.0 Å². The number of nitro benzene ring substituents is 1. The predicted octanol–water partition coefficient (Wildman–Crippen LogP) is 3.80. The second kappa shape index (κ2) is 13.8. The molecule has 0 aromatic heterocycles. The van der Waals surface area contributed by atoms with E-state index in [0.29, 0.717) is 38.8 Å². The fourth-order valence-electron chi connectivity index (χ4n) is 2.64. The number of nitrogens with one attached hydrogen (secondary N) is 2. The lowest BCUT2D eigenvalue weighted by atomic mass is 10.1. The highest BCUT2D eigenvalue weighted by atomic mass is 127. The van der Waals surface area contributed by atoms with Gasteiger partial charge < -0.3 is 20.1 Å². The van der Waals surface area contributed by atoms with Gasteiger partial charge in [-0.1, -0.05) is 24.3 Å². The SMILES string of the molecule is CCNC(=NCc1cccc([N+](=O)[O-])c1)NCc1ccc(C)cc1OCCOC.I. The first-order valence-electron chi connectivity index (χ1n) is 9.50. The monoisotopic (exact) mass is 528 g/mol. The number of benzene rings is 2. The van der Waals surface area contributed by atoms with Crippen molar-refractivity contribution in [1.82, 2.24) is 10.6 Å². The van der Waals surface area contributed by atoms with E-state index in [1.54, 1.807) is 13.2 Å². The van der Waals surface area contributed by atoms with Crippen molar-refractivity contribution in [3.63, 3.8) is 0 Å². The number of nitrogens with zero attached hydrogens (tertiary/aromatic N) is 2. The smallest absolute Gasteiger partial charge is 0.269 e. The average Bonchev–Trinajstić information content (AvgIpc) is 2.71. The molecular weight excluding hydrogens is 499 g/mol. The topological polar surface area (TPSA) is 98.0 Å². The van der Waals surface area contributed by atoms with E-state index in [2.05, 4.69) is 15.6 Å². The molecule has 0 amide bonds. The highest BCUT2D eigenvalue weighted by Gasteiger charge is 2.08. The van der Waals surface area contributed by atoms with Crippen LogP contribution >= 0.6 is 24.0 Å². The van der Waals surface area contributed by atoms with Crippen molar-refractivity contribution in [1.29, 1.82) is 0 Å². The van der Waals surface area contributed by atoms with Crippen LogP contribution in [0.15, 0.2) is 47.5 Å². The summed E-state index contributed by atoms with van der Waals surface area (Å²) in [5.41, 5.74) is 2.96. The Balaban J connectivity index is 0.00000450. The van der Waals surface area contributed by atoms with Crippen molar-refractivity contribution in [2.75, 3.05) is 26.9 Å². The molecule has 2 aromatic carbocycles. The number of hydrogen-bond donors (Lipinski definition) is 2. The molecule has 0 aliphatic heterocycles. The predicted molar refractivity (Wildman–Crippen MR) is 129 cm³/mol. The lowest BCUT2D eigenvalue weighted by Crippen LogP contribution is -2.36. The zero-order valence-electron chi connectivity index (χ0n) is 17.5. The summed E-state index contributed by atoms with van der Waals surface area (Å²) >= 11 is 0. The molecule has 8 nitrogen and oxygen atoms in total. The van der Waals surface area contributed by atoms with E-state index >= 15 is 0 Å². The fraction of sp³-hybridized carbons (Fsp3) is 0.381. The molecule has 0 atom stereocenters. The third-order valence-electron chi connectivity index (χ3n) is 4.10. The molecule has 0 spiro atoms. The molecule has 2 aromatic rings. The summed E-state index contributed by atoms with van der Waals surface area (Å²) in [6.45, 7) is 6.57. The van der Waals surface area contributed by atoms with Gasteiger partial charge in [-0.25, -0.2) is 4.99 Å². The molecule has 0 aliphatic carbocycles. The van der Waals surface area contributed by atoms with Gasteiger partial charge in [-0.05, 0) is 31.0 Å². The van der Waals surface area contributed by atoms with Gasteiger partial charge in [0.15, 0.2) is 5.96 Å². The number of nitro groups is 1. The van der Waals surface area contributed by atoms with Crippen LogP contribution < -0.4 is 15.4 Å². The van der Waals surface area contributed by atoms with E-state index in [0.717, 1.165) is 22.4 Å². The first-order chi connectivity index (χ1) is 14.0. The van der Waals surface area contributed by atoms with E-state index in [1.807, 2.05) is 38.1 Å². The first-order valence-corrected chi connectivity index (χ1v) is 9.50. The van der Waals surface area contributed by atoms with Crippen molar-refractivity contribution in [3.05, 3.63) is 69.3 Å². The van der Waals surface area contributed by atoms with Crippen molar-refractivity contribution < 1.29 is 14.4 Å². The summed E-state index contributed by atoms with van der Waals surface area (Å²) in [4.78, 5) is 15.1. The van der Waals surface area contributed by atoms with E-state index in [4.69, 9.17) is 9.47 Å². The molecule has 9 heteroatoms. The minimum Gasteiger partial charge on any atom is -0.491 e. The largest absolute Gasteiger partial charge is 0.491 e. The molecule has 0 fully saturated rings. The molecule has 2 rings (SSSR count). The molecular formula is C21H29IN4O4. The van der Waals surface area contributed by atoms with Gasteiger partial charge in [0, 0.05) is 37.9 Å². The molecule has 0 saturated carbocycles. The number of rotatable bonds is 10. The summed E-state index contributed by atoms with van der Waals surface area (Å²) in [5.74, 6) is 1.44. The summed E-state index contributed by atoms with van der Waals surface area (Å²) in [6.07, 6.45) is 0. The number of aryl methyl sites for hydroxylation is 1. The number of guanidine groups is 1. The van der Waals surface area contributed by atoms with Crippen molar-refractivity contribution in [3.8, 4) is 5.75 Å². The Bertz CT molecular complexity index is 846. The summed E-state index contributed by atoms with van der Waals surface area (Å²) in [5, 5.41) is 17.4. The van der Waals surface area contributed by atoms with Crippen LogP contribution in [-0.2, 0) is 17.8 Å². The molecule has 0 unspecified atom stereocenters. The van der Waals surface area contributed by atoms with E-state index in [9.17, 15) is 10.1 Å². The molecule has 2 N–H and O–H groups in total. The number of hydrogen-bond acceptors (Lipinski definition) is 5. The summed E-state index contributed by atoms with van der Waals surface area (Å²) in [7, 11) is 1.64. The maximum atomic E-state index is 10.9. The average molecular weight is 528 g/mol. The van der Waals surface area contributed by atoms with Crippen LogP contribution in [0.4, 0.5) is 5.69 Å². The van der Waals surface area contributed by atoms with Gasteiger partial charge in [0.25, 0.3) is 5.69 Å². The standard InChI is InChI=1S/C21H28N4O4.HI/c1-4-22-21(23-14-17-6-5-7-19(13-17)25(26)27)24-15-18-9-8-16(2)12-20(18)29-11-10-28-3;/h5-9,12-13H,4,10-11,14-15H2,1-3H3,(H2,22,23,24);1H. The third kappa shape index (κ3) is 8.54. The minimum atomic E-state index is -0.404. The van der Waals surface area contributed by atoms with Crippen LogP contribution in [0.25, 0.3) is 0 Å². The number of aliphatic imine (C=N–C) groups is 1. The second-order valence-corrected chi connectivity index (χ2v) is 6.43. The molecule has 0 aliphatic rings. The van der Waals surface area contributed by atoms with Gasteiger partial charge in [-0.3, -0.25) is 10.1 Å². The van der Waals surface area contributed by atoms with E-state index in [-0.39, 0.29) is 29.7 Å². The quantitative estimate of drug-likeness (QED) is 0.122. The van der Waals surface area contributed by atoms with Gasteiger partial charge >= 0.3 is 0 Å². The normalized spacial score (nSPS) is 10.8. The lowest BCUT2D eigenvalue weighted by molar-refractivity contribution is -0.384. The Kier molecular flexibility index (Phi) is 11.8. The number of methoxy groups -OCH3 is 1. The Morgan fingerprint density at radius 2 is 1.97 bits per heavy atom. The highest BCUT2D eigenvalue weighted by molar-refractivity contribution is 14.0. The molecule has 0 heterocycles. The number of halogens is 1. The fourth-order valence-corrected chi connectivity index (χ4v) is 2.64. The second-order valence-electron chi connectivity index (χ2n) is 6.43. The van der Waals surface area contributed by atoms with Crippen LogP contribution in [0.2, 0.25) is 0 Å². The Hall–Kier alpha value is -2.40. The van der Waals surface area contributed by atoms with Gasteiger partial charge in [0.05, 0.1) is 18.1 Å².